The van der Waals surface area contributed by atoms with Crippen LogP contribution in [0.1, 0.15) is 106 Å². The van der Waals surface area contributed by atoms with Crippen molar-refractivity contribution < 1.29 is 19.4 Å². The third-order valence-corrected chi connectivity index (χ3v) is 13.2. The lowest BCUT2D eigenvalue weighted by Crippen LogP contribution is -2.66. The Kier molecular flexibility index (Phi) is 5.43. The number of allylic oxidation sites excluding steroid dienone is 2. The molecule has 0 aromatic carbocycles. The van der Waals surface area contributed by atoms with Gasteiger partial charge in [0.25, 0.3) is 0 Å². The van der Waals surface area contributed by atoms with Gasteiger partial charge in [0.05, 0.1) is 18.6 Å². The van der Waals surface area contributed by atoms with Crippen LogP contribution >= 0.6 is 0 Å². The zero-order valence-electron chi connectivity index (χ0n) is 23.4. The smallest absolute Gasteiger partial charge is 0.311 e. The third-order valence-electron chi connectivity index (χ3n) is 13.2. The standard InChI is InChI=1S/C31H48O4/c1-26(2)22-9-12-31(7)24(29(22,5)11-10-23(26)33)21(32)17-19-20-18-28(4,25(34)35-8)14-13-27(20,3)15-16-30(19,31)6/h17,20,22-24,33H,9-16,18H2,1-8H3/t20-,22+,23+,24-,27-,28-,29-,30-,31-/m1/s1. The molecule has 196 valence electrons. The summed E-state index contributed by atoms with van der Waals surface area (Å²) in [6.07, 6.45) is 10.5. The summed E-state index contributed by atoms with van der Waals surface area (Å²) in [6, 6.07) is 0. The largest absolute Gasteiger partial charge is 0.469 e. The minimum Gasteiger partial charge on any atom is -0.469 e. The lowest BCUT2D eigenvalue weighted by molar-refractivity contribution is -0.202. The summed E-state index contributed by atoms with van der Waals surface area (Å²) in [6.45, 7) is 16.2. The van der Waals surface area contributed by atoms with E-state index in [2.05, 4.69) is 54.5 Å². The number of fused-ring (bicyclic) bond motifs is 7. The molecule has 5 aliphatic carbocycles. The summed E-state index contributed by atoms with van der Waals surface area (Å²) in [4.78, 5) is 27.1. The number of aliphatic hydroxyl groups excluding tert-OH is 1. The number of aliphatic hydroxyl groups is 1. The average molecular weight is 485 g/mol. The van der Waals surface area contributed by atoms with E-state index in [1.165, 1.54) is 12.7 Å². The molecule has 5 aliphatic rings. The van der Waals surface area contributed by atoms with E-state index >= 15 is 0 Å². The highest BCUT2D eigenvalue weighted by molar-refractivity contribution is 5.95. The number of ether oxygens (including phenoxy) is 1. The average Bonchev–Trinajstić information content (AvgIpc) is 2.78. The van der Waals surface area contributed by atoms with E-state index in [9.17, 15) is 14.7 Å². The summed E-state index contributed by atoms with van der Waals surface area (Å²) in [5.41, 5.74) is 0.590. The Balaban J connectivity index is 1.61. The Bertz CT molecular complexity index is 980. The Morgan fingerprint density at radius 1 is 0.943 bits per heavy atom. The minimum absolute atomic E-state index is 0.00536. The van der Waals surface area contributed by atoms with Gasteiger partial charge in [-0.3, -0.25) is 9.59 Å². The molecule has 4 nitrogen and oxygen atoms in total. The van der Waals surface area contributed by atoms with Crippen LogP contribution in [0.3, 0.4) is 0 Å². The number of hydrogen-bond donors (Lipinski definition) is 1. The summed E-state index contributed by atoms with van der Waals surface area (Å²) >= 11 is 0. The normalized spacial score (nSPS) is 52.8. The van der Waals surface area contributed by atoms with E-state index in [-0.39, 0.29) is 51.0 Å². The lowest BCUT2D eigenvalue weighted by atomic mass is 9.33. The van der Waals surface area contributed by atoms with Gasteiger partial charge in [0, 0.05) is 5.92 Å². The Morgan fingerprint density at radius 3 is 2.26 bits per heavy atom. The molecule has 0 radical (unpaired) electrons. The molecule has 0 aromatic heterocycles. The van der Waals surface area contributed by atoms with Gasteiger partial charge in [0.1, 0.15) is 0 Å². The summed E-state index contributed by atoms with van der Waals surface area (Å²) < 4.78 is 5.25. The first kappa shape index (κ1) is 25.5. The third kappa shape index (κ3) is 3.07. The van der Waals surface area contributed by atoms with E-state index < -0.39 is 5.41 Å². The van der Waals surface area contributed by atoms with Gasteiger partial charge in [-0.2, -0.15) is 0 Å². The molecule has 0 heterocycles. The maximum absolute atomic E-state index is 14.3. The molecule has 4 fully saturated rings. The number of esters is 1. The van der Waals surface area contributed by atoms with Gasteiger partial charge in [-0.25, -0.2) is 0 Å². The molecular weight excluding hydrogens is 436 g/mol. The fourth-order valence-corrected chi connectivity index (χ4v) is 10.6. The summed E-state index contributed by atoms with van der Waals surface area (Å²) in [7, 11) is 1.50. The number of carbonyl (C=O) groups is 2. The highest BCUT2D eigenvalue weighted by atomic mass is 16.5. The minimum atomic E-state index is -0.480. The van der Waals surface area contributed by atoms with Crippen LogP contribution in [0, 0.1) is 50.2 Å². The van der Waals surface area contributed by atoms with Crippen molar-refractivity contribution in [2.75, 3.05) is 7.11 Å². The molecule has 0 bridgehead atoms. The quantitative estimate of drug-likeness (QED) is 0.431. The van der Waals surface area contributed by atoms with Crippen LogP contribution in [0.15, 0.2) is 11.6 Å². The molecule has 0 aliphatic heterocycles. The maximum atomic E-state index is 14.3. The van der Waals surface area contributed by atoms with Gasteiger partial charge in [0.15, 0.2) is 5.78 Å². The Morgan fingerprint density at radius 2 is 1.60 bits per heavy atom. The number of methoxy groups -OCH3 is 1. The van der Waals surface area contributed by atoms with Crippen molar-refractivity contribution in [3.63, 3.8) is 0 Å². The fraction of sp³-hybridized carbons (Fsp3) is 0.871. The monoisotopic (exact) mass is 484 g/mol. The molecular formula is C31H48O4. The lowest BCUT2D eigenvalue weighted by Gasteiger charge is -2.70. The second-order valence-corrected chi connectivity index (χ2v) is 15.1. The predicted molar refractivity (Wildman–Crippen MR) is 137 cm³/mol. The molecule has 35 heavy (non-hydrogen) atoms. The number of carbonyl (C=O) groups excluding carboxylic acids is 2. The molecule has 0 unspecified atom stereocenters. The first-order valence-electron chi connectivity index (χ1n) is 14.1. The van der Waals surface area contributed by atoms with E-state index in [1.54, 1.807) is 0 Å². The van der Waals surface area contributed by atoms with Gasteiger partial charge in [-0.05, 0) is 110 Å². The number of hydrogen-bond acceptors (Lipinski definition) is 4. The first-order valence-corrected chi connectivity index (χ1v) is 14.1. The molecule has 4 heteroatoms. The van der Waals surface area contributed by atoms with Crippen LogP contribution < -0.4 is 0 Å². The van der Waals surface area contributed by atoms with E-state index in [0.29, 0.717) is 11.7 Å². The van der Waals surface area contributed by atoms with Crippen LogP contribution in [-0.4, -0.2) is 30.1 Å². The van der Waals surface area contributed by atoms with Crippen LogP contribution in [0.2, 0.25) is 0 Å². The van der Waals surface area contributed by atoms with E-state index in [1.807, 2.05) is 0 Å². The van der Waals surface area contributed by atoms with Gasteiger partial charge in [0.2, 0.25) is 0 Å². The van der Waals surface area contributed by atoms with Crippen molar-refractivity contribution in [2.24, 2.45) is 50.2 Å². The van der Waals surface area contributed by atoms with Crippen molar-refractivity contribution in [3.8, 4) is 0 Å². The van der Waals surface area contributed by atoms with Crippen LogP contribution in [0.5, 0.6) is 0 Å². The molecule has 0 spiro atoms. The topological polar surface area (TPSA) is 63.6 Å². The van der Waals surface area contributed by atoms with Crippen LogP contribution in [0.4, 0.5) is 0 Å². The van der Waals surface area contributed by atoms with Gasteiger partial charge in [-0.1, -0.05) is 47.1 Å². The van der Waals surface area contributed by atoms with Crippen LogP contribution in [0.25, 0.3) is 0 Å². The summed E-state index contributed by atoms with van der Waals surface area (Å²) in [5.74, 6) is 0.805. The molecule has 0 amide bonds. The molecule has 0 saturated heterocycles. The highest BCUT2D eigenvalue weighted by Crippen LogP contribution is 2.75. The second-order valence-electron chi connectivity index (χ2n) is 15.1. The highest BCUT2D eigenvalue weighted by Gasteiger charge is 2.70. The van der Waals surface area contributed by atoms with Gasteiger partial charge >= 0.3 is 5.97 Å². The molecule has 1 N–H and O–H groups in total. The Labute approximate surface area is 212 Å². The van der Waals surface area contributed by atoms with Crippen molar-refractivity contribution in [1.29, 1.82) is 0 Å². The van der Waals surface area contributed by atoms with Crippen molar-refractivity contribution in [2.45, 2.75) is 112 Å². The van der Waals surface area contributed by atoms with Crippen molar-refractivity contribution in [3.05, 3.63) is 11.6 Å². The number of ketones is 1. The molecule has 4 saturated carbocycles. The van der Waals surface area contributed by atoms with Gasteiger partial charge < -0.3 is 9.84 Å². The fourth-order valence-electron chi connectivity index (χ4n) is 10.6. The molecule has 5 rings (SSSR count). The Hall–Kier alpha value is -1.16. The maximum Gasteiger partial charge on any atom is 0.311 e. The van der Waals surface area contributed by atoms with Crippen molar-refractivity contribution in [1.82, 2.24) is 0 Å². The first-order chi connectivity index (χ1) is 16.1. The van der Waals surface area contributed by atoms with Crippen LogP contribution in [-0.2, 0) is 14.3 Å². The van der Waals surface area contributed by atoms with E-state index in [0.717, 1.165) is 57.8 Å². The summed E-state index contributed by atoms with van der Waals surface area (Å²) in [5, 5.41) is 10.9. The number of rotatable bonds is 1. The van der Waals surface area contributed by atoms with Gasteiger partial charge in [-0.15, -0.1) is 0 Å². The van der Waals surface area contributed by atoms with E-state index in [4.69, 9.17) is 4.74 Å². The van der Waals surface area contributed by atoms with Crippen molar-refractivity contribution >= 4 is 11.8 Å². The molecule has 9 atom stereocenters. The predicted octanol–water partition coefficient (Wildman–Crippen LogP) is 6.50. The second kappa shape index (κ2) is 7.45. The zero-order chi connectivity index (χ0) is 25.8. The molecule has 0 aromatic rings. The zero-order valence-corrected chi connectivity index (χ0v) is 23.4. The SMILES string of the molecule is COC(=O)[C@]1(C)CC[C@]2(C)CC[C@]3(C)C(=CC(=O)[C@@H]4[C@]5(C)CC[C@H](O)C(C)(C)[C@@H]5CC[C@]43C)[C@H]2C1.